The molecule has 0 radical (unpaired) electrons. The van der Waals surface area contributed by atoms with Gasteiger partial charge in [-0.25, -0.2) is 4.39 Å². The fraction of sp³-hybridized carbons (Fsp3) is 0.667. The van der Waals surface area contributed by atoms with Gasteiger partial charge in [0.15, 0.2) is 0 Å². The first-order chi connectivity index (χ1) is 9.06. The zero-order valence-electron chi connectivity index (χ0n) is 12.1. The molecule has 0 fully saturated rings. The molecule has 108 valence electrons. The van der Waals surface area contributed by atoms with E-state index >= 15 is 0 Å². The third-order valence-corrected chi connectivity index (χ3v) is 4.12. The van der Waals surface area contributed by atoms with Crippen LogP contribution in [0.1, 0.15) is 51.8 Å². The van der Waals surface area contributed by atoms with Crippen LogP contribution in [0, 0.1) is 11.2 Å². The summed E-state index contributed by atoms with van der Waals surface area (Å²) in [6.45, 7) is 7.38. The van der Waals surface area contributed by atoms with E-state index in [9.17, 15) is 9.50 Å². The summed E-state index contributed by atoms with van der Waals surface area (Å²) in [5.74, 6) is -0.312. The van der Waals surface area contributed by atoms with E-state index in [2.05, 4.69) is 24.1 Å². The van der Waals surface area contributed by atoms with E-state index in [1.54, 1.807) is 6.07 Å². The Morgan fingerprint density at radius 3 is 2.53 bits per heavy atom. The maximum absolute atomic E-state index is 12.8. The van der Waals surface area contributed by atoms with Crippen molar-refractivity contribution in [3.63, 3.8) is 0 Å². The van der Waals surface area contributed by atoms with Gasteiger partial charge in [0.1, 0.15) is 5.82 Å². The highest BCUT2D eigenvalue weighted by Crippen LogP contribution is 2.30. The van der Waals surface area contributed by atoms with Gasteiger partial charge in [-0.05, 0) is 43.7 Å². The van der Waals surface area contributed by atoms with E-state index in [1.165, 1.54) is 12.3 Å². The summed E-state index contributed by atoms with van der Waals surface area (Å²) in [4.78, 5) is 4.09. The van der Waals surface area contributed by atoms with Crippen LogP contribution in [0.3, 0.4) is 0 Å². The van der Waals surface area contributed by atoms with Crippen LogP contribution in [-0.4, -0.2) is 23.2 Å². The van der Waals surface area contributed by atoms with Crippen LogP contribution < -0.4 is 5.32 Å². The second-order valence-electron chi connectivity index (χ2n) is 5.18. The molecule has 1 aromatic rings. The Hall–Kier alpha value is -1.00. The molecule has 0 aliphatic heterocycles. The Labute approximate surface area is 115 Å². The normalized spacial score (nSPS) is 13.5. The Morgan fingerprint density at radius 2 is 2.05 bits per heavy atom. The van der Waals surface area contributed by atoms with Gasteiger partial charge in [0.25, 0.3) is 0 Å². The maximum atomic E-state index is 12.8. The summed E-state index contributed by atoms with van der Waals surface area (Å²) in [7, 11) is 0. The number of nitrogens with one attached hydrogen (secondary N) is 1. The number of hydrogen-bond acceptors (Lipinski definition) is 3. The maximum Gasteiger partial charge on any atom is 0.141 e. The van der Waals surface area contributed by atoms with Crippen molar-refractivity contribution in [1.29, 1.82) is 0 Å². The van der Waals surface area contributed by atoms with Gasteiger partial charge in [-0.2, -0.15) is 0 Å². The number of nitrogens with zero attached hydrogens (tertiary/aromatic N) is 1. The predicted molar refractivity (Wildman–Crippen MR) is 75.3 cm³/mol. The number of aromatic nitrogens is 1. The lowest BCUT2D eigenvalue weighted by atomic mass is 9.79. The highest BCUT2D eigenvalue weighted by molar-refractivity contribution is 5.09. The fourth-order valence-electron chi connectivity index (χ4n) is 2.30. The second-order valence-corrected chi connectivity index (χ2v) is 5.18. The molecule has 19 heavy (non-hydrogen) atoms. The molecule has 0 amide bonds. The molecular formula is C15H25FN2O. The quantitative estimate of drug-likeness (QED) is 0.761. The summed E-state index contributed by atoms with van der Waals surface area (Å²) in [6.07, 6.45) is 4.10. The third-order valence-electron chi connectivity index (χ3n) is 4.12. The summed E-state index contributed by atoms with van der Waals surface area (Å²) in [5, 5.41) is 12.6. The first kappa shape index (κ1) is 16.1. The smallest absolute Gasteiger partial charge is 0.141 e. The molecule has 0 spiro atoms. The standard InChI is InChI=1S/C15H25FN2O/c1-4-15(5-2,8-9-19)11-18-12(3)14-7-6-13(16)10-17-14/h6-7,10,12,18-19H,4-5,8-9,11H2,1-3H3. The van der Waals surface area contributed by atoms with E-state index in [1.807, 2.05) is 6.92 Å². The van der Waals surface area contributed by atoms with Gasteiger partial charge in [-0.1, -0.05) is 13.8 Å². The van der Waals surface area contributed by atoms with E-state index in [4.69, 9.17) is 0 Å². The number of pyridine rings is 1. The SMILES string of the molecule is CCC(CC)(CCO)CNC(C)c1ccc(F)cn1. The van der Waals surface area contributed by atoms with Crippen molar-refractivity contribution < 1.29 is 9.50 Å². The minimum atomic E-state index is -0.312. The van der Waals surface area contributed by atoms with Crippen molar-refractivity contribution in [2.24, 2.45) is 5.41 Å². The Bertz CT molecular complexity index is 363. The van der Waals surface area contributed by atoms with Gasteiger partial charge in [0.2, 0.25) is 0 Å². The molecule has 2 N–H and O–H groups in total. The van der Waals surface area contributed by atoms with Crippen LogP contribution in [0.5, 0.6) is 0 Å². The number of halogens is 1. The van der Waals surface area contributed by atoms with Gasteiger partial charge in [-0.15, -0.1) is 0 Å². The topological polar surface area (TPSA) is 45.1 Å². The Morgan fingerprint density at radius 1 is 1.37 bits per heavy atom. The van der Waals surface area contributed by atoms with Crippen LogP contribution >= 0.6 is 0 Å². The second kappa shape index (κ2) is 7.56. The number of rotatable bonds is 8. The molecule has 0 aliphatic carbocycles. The zero-order chi connectivity index (χ0) is 14.3. The average Bonchev–Trinajstić information content (AvgIpc) is 2.44. The van der Waals surface area contributed by atoms with Crippen molar-refractivity contribution in [2.75, 3.05) is 13.2 Å². The lowest BCUT2D eigenvalue weighted by molar-refractivity contribution is 0.160. The van der Waals surface area contributed by atoms with Crippen LogP contribution in [0.4, 0.5) is 4.39 Å². The van der Waals surface area contributed by atoms with Crippen molar-refractivity contribution in [3.8, 4) is 0 Å². The first-order valence-electron chi connectivity index (χ1n) is 7.02. The largest absolute Gasteiger partial charge is 0.396 e. The molecule has 1 unspecified atom stereocenters. The summed E-state index contributed by atoms with van der Waals surface area (Å²) < 4.78 is 12.8. The van der Waals surface area contributed by atoms with Crippen molar-refractivity contribution >= 4 is 0 Å². The molecule has 1 aromatic heterocycles. The molecule has 0 saturated carbocycles. The Kier molecular flexibility index (Phi) is 6.38. The molecular weight excluding hydrogens is 243 g/mol. The van der Waals surface area contributed by atoms with Gasteiger partial charge in [-0.3, -0.25) is 4.98 Å². The van der Waals surface area contributed by atoms with Crippen molar-refractivity contribution in [2.45, 2.75) is 46.1 Å². The molecule has 3 nitrogen and oxygen atoms in total. The fourth-order valence-corrected chi connectivity index (χ4v) is 2.30. The minimum Gasteiger partial charge on any atom is -0.396 e. The predicted octanol–water partition coefficient (Wildman–Crippen LogP) is 3.06. The lowest BCUT2D eigenvalue weighted by Gasteiger charge is -2.32. The Balaban J connectivity index is 2.61. The van der Waals surface area contributed by atoms with E-state index in [0.29, 0.717) is 0 Å². The summed E-state index contributed by atoms with van der Waals surface area (Å²) >= 11 is 0. The third kappa shape index (κ3) is 4.55. The number of aliphatic hydroxyl groups is 1. The van der Waals surface area contributed by atoms with Gasteiger partial charge < -0.3 is 10.4 Å². The molecule has 4 heteroatoms. The average molecular weight is 268 g/mol. The van der Waals surface area contributed by atoms with Gasteiger partial charge in [0.05, 0.1) is 11.9 Å². The lowest BCUT2D eigenvalue weighted by Crippen LogP contribution is -2.35. The number of hydrogen-bond donors (Lipinski definition) is 2. The van der Waals surface area contributed by atoms with Crippen LogP contribution in [0.2, 0.25) is 0 Å². The molecule has 1 rings (SSSR count). The molecule has 0 aliphatic rings. The van der Waals surface area contributed by atoms with E-state index in [0.717, 1.165) is 31.5 Å². The monoisotopic (exact) mass is 268 g/mol. The van der Waals surface area contributed by atoms with Crippen molar-refractivity contribution in [1.82, 2.24) is 10.3 Å². The minimum absolute atomic E-state index is 0.0803. The highest BCUT2D eigenvalue weighted by Gasteiger charge is 2.26. The first-order valence-corrected chi connectivity index (χ1v) is 7.02. The van der Waals surface area contributed by atoms with E-state index in [-0.39, 0.29) is 23.9 Å². The molecule has 0 bridgehead atoms. The van der Waals surface area contributed by atoms with Gasteiger partial charge in [0, 0.05) is 19.2 Å². The summed E-state index contributed by atoms with van der Waals surface area (Å²) in [6, 6.07) is 3.22. The molecule has 0 aromatic carbocycles. The van der Waals surface area contributed by atoms with Gasteiger partial charge >= 0.3 is 0 Å². The van der Waals surface area contributed by atoms with E-state index < -0.39 is 0 Å². The van der Waals surface area contributed by atoms with Crippen molar-refractivity contribution in [3.05, 3.63) is 29.8 Å². The molecule has 0 saturated heterocycles. The summed E-state index contributed by atoms with van der Waals surface area (Å²) in [5.41, 5.74) is 0.967. The highest BCUT2D eigenvalue weighted by atomic mass is 19.1. The molecule has 1 heterocycles. The number of aliphatic hydroxyl groups excluding tert-OH is 1. The van der Waals surface area contributed by atoms with Crippen LogP contribution in [0.15, 0.2) is 18.3 Å². The molecule has 1 atom stereocenters. The van der Waals surface area contributed by atoms with Crippen LogP contribution in [0.25, 0.3) is 0 Å². The van der Waals surface area contributed by atoms with Crippen LogP contribution in [-0.2, 0) is 0 Å². The zero-order valence-corrected chi connectivity index (χ0v) is 12.1.